The highest BCUT2D eigenvalue weighted by molar-refractivity contribution is 6.36. The van der Waals surface area contributed by atoms with Crippen LogP contribution in [0.2, 0.25) is 0 Å². The molecule has 3 rings (SSSR count). The van der Waals surface area contributed by atoms with Gasteiger partial charge < -0.3 is 14.0 Å². The van der Waals surface area contributed by atoms with Gasteiger partial charge in [0.15, 0.2) is 0 Å². The highest BCUT2D eigenvalue weighted by atomic mass is 16.7. The highest BCUT2D eigenvalue weighted by Crippen LogP contribution is 2.40. The Morgan fingerprint density at radius 2 is 0.735 bits per heavy atom. The molecule has 0 N–H and O–H groups in total. The second-order valence-corrected chi connectivity index (χ2v) is 13.7. The molecule has 0 aliphatic heterocycles. The molecule has 0 aromatic carbocycles. The first-order valence-electron chi connectivity index (χ1n) is 15.0. The summed E-state index contributed by atoms with van der Waals surface area (Å²) >= 11 is 0. The third-order valence-electron chi connectivity index (χ3n) is 10.2. The maximum atomic E-state index is 6.83. The van der Waals surface area contributed by atoms with E-state index < -0.39 is 7.32 Å². The van der Waals surface area contributed by atoms with Crippen molar-refractivity contribution in [3.8, 4) is 0 Å². The molecule has 0 amide bonds. The van der Waals surface area contributed by atoms with Crippen LogP contribution in [0.1, 0.15) is 120 Å². The summed E-state index contributed by atoms with van der Waals surface area (Å²) in [6.07, 6.45) is 11.9. The van der Waals surface area contributed by atoms with E-state index in [0.717, 1.165) is 37.0 Å². The van der Waals surface area contributed by atoms with Gasteiger partial charge in [-0.1, -0.05) is 62.3 Å². The zero-order valence-electron chi connectivity index (χ0n) is 24.1. The molecule has 9 atom stereocenters. The van der Waals surface area contributed by atoms with Crippen LogP contribution in [0.3, 0.4) is 0 Å². The van der Waals surface area contributed by atoms with Gasteiger partial charge in [0.05, 0.1) is 0 Å². The first-order chi connectivity index (χ1) is 16.0. The average molecular weight is 477 g/mol. The molecule has 9 unspecified atom stereocenters. The lowest BCUT2D eigenvalue weighted by Gasteiger charge is -2.42. The van der Waals surface area contributed by atoms with Crippen LogP contribution in [-0.4, -0.2) is 25.6 Å². The van der Waals surface area contributed by atoms with Crippen molar-refractivity contribution < 1.29 is 14.0 Å². The van der Waals surface area contributed by atoms with Gasteiger partial charge in [-0.3, -0.25) is 0 Å². The van der Waals surface area contributed by atoms with Crippen LogP contribution in [0.25, 0.3) is 0 Å². The summed E-state index contributed by atoms with van der Waals surface area (Å²) in [6, 6.07) is 0. The minimum atomic E-state index is -0.518. The first kappa shape index (κ1) is 28.5. The zero-order chi connectivity index (χ0) is 25.0. The van der Waals surface area contributed by atoms with Crippen molar-refractivity contribution >= 4 is 7.32 Å². The molecule has 3 fully saturated rings. The summed E-state index contributed by atoms with van der Waals surface area (Å²) < 4.78 is 20.5. The van der Waals surface area contributed by atoms with Gasteiger partial charge in [-0.05, 0) is 111 Å². The molecule has 3 aliphatic carbocycles. The van der Waals surface area contributed by atoms with Crippen molar-refractivity contribution in [2.45, 2.75) is 138 Å². The van der Waals surface area contributed by atoms with Crippen molar-refractivity contribution in [2.75, 3.05) is 0 Å². The maximum Gasteiger partial charge on any atom is 0.640 e. The van der Waals surface area contributed by atoms with E-state index in [9.17, 15) is 0 Å². The van der Waals surface area contributed by atoms with Crippen molar-refractivity contribution in [1.29, 1.82) is 0 Å². The van der Waals surface area contributed by atoms with Crippen LogP contribution < -0.4 is 0 Å². The summed E-state index contributed by atoms with van der Waals surface area (Å²) in [6.45, 7) is 21.3. The van der Waals surface area contributed by atoms with Gasteiger partial charge in [0.25, 0.3) is 0 Å². The van der Waals surface area contributed by atoms with Gasteiger partial charge in [0, 0.05) is 18.3 Å². The Morgan fingerprint density at radius 3 is 0.971 bits per heavy atom. The topological polar surface area (TPSA) is 27.7 Å². The van der Waals surface area contributed by atoms with E-state index in [2.05, 4.69) is 62.3 Å². The Balaban J connectivity index is 1.73. The fraction of sp³-hybridized carbons (Fsp3) is 1.00. The van der Waals surface area contributed by atoms with Crippen molar-refractivity contribution in [1.82, 2.24) is 0 Å². The summed E-state index contributed by atoms with van der Waals surface area (Å²) in [5.41, 5.74) is 0. The number of rotatable bonds is 9. The molecule has 0 aromatic heterocycles. The summed E-state index contributed by atoms with van der Waals surface area (Å²) in [5, 5.41) is 0. The molecule has 0 bridgehead atoms. The molecular formula is C30H57BO3. The molecule has 4 heteroatoms. The van der Waals surface area contributed by atoms with E-state index in [-0.39, 0.29) is 18.3 Å². The number of hydrogen-bond acceptors (Lipinski definition) is 3. The third-order valence-corrected chi connectivity index (χ3v) is 10.2. The summed E-state index contributed by atoms with van der Waals surface area (Å²) in [5.74, 6) is 6.12. The highest BCUT2D eigenvalue weighted by Gasteiger charge is 2.42. The summed E-state index contributed by atoms with van der Waals surface area (Å²) in [4.78, 5) is 0. The minimum Gasteiger partial charge on any atom is -0.383 e. The Labute approximate surface area is 213 Å². The third kappa shape index (κ3) is 7.72. The lowest BCUT2D eigenvalue weighted by Crippen LogP contribution is -2.47. The fourth-order valence-electron chi connectivity index (χ4n) is 6.84. The smallest absolute Gasteiger partial charge is 0.383 e. The first-order valence-corrected chi connectivity index (χ1v) is 15.0. The van der Waals surface area contributed by atoms with E-state index in [1.807, 2.05) is 0 Å². The largest absolute Gasteiger partial charge is 0.640 e. The molecule has 3 aliphatic rings. The summed E-state index contributed by atoms with van der Waals surface area (Å²) in [7, 11) is -0.518. The standard InChI is InChI=1S/C30H57BO3/c1-19(2)25-13-10-22(7)28(16-25)32-31(33-29-17-26(20(3)4)14-11-23(29)8)34-30-18-27(21(5)6)15-12-24(30)9/h19-30H,10-18H2,1-9H3. The molecule has 0 saturated heterocycles. The van der Waals surface area contributed by atoms with E-state index in [0.29, 0.717) is 35.5 Å². The van der Waals surface area contributed by atoms with Crippen LogP contribution in [0.5, 0.6) is 0 Å². The average Bonchev–Trinajstić information content (AvgIpc) is 2.77. The van der Waals surface area contributed by atoms with E-state index >= 15 is 0 Å². The molecule has 3 nitrogen and oxygen atoms in total. The quantitative estimate of drug-likeness (QED) is 0.313. The second-order valence-electron chi connectivity index (χ2n) is 13.7. The number of hydrogen-bond donors (Lipinski definition) is 0. The Kier molecular flexibility index (Phi) is 10.9. The molecule has 0 heterocycles. The molecule has 0 aromatic rings. The van der Waals surface area contributed by atoms with E-state index in [1.165, 1.54) is 38.5 Å². The van der Waals surface area contributed by atoms with Crippen molar-refractivity contribution in [3.63, 3.8) is 0 Å². The van der Waals surface area contributed by atoms with Gasteiger partial charge in [0.1, 0.15) is 0 Å². The molecule has 34 heavy (non-hydrogen) atoms. The van der Waals surface area contributed by atoms with Gasteiger partial charge in [-0.25, -0.2) is 0 Å². The van der Waals surface area contributed by atoms with Gasteiger partial charge >= 0.3 is 7.32 Å². The predicted octanol–water partition coefficient (Wildman–Crippen LogP) is 8.40. The van der Waals surface area contributed by atoms with Crippen molar-refractivity contribution in [2.24, 2.45) is 53.3 Å². The predicted molar refractivity (Wildman–Crippen MR) is 144 cm³/mol. The van der Waals surface area contributed by atoms with Crippen molar-refractivity contribution in [3.05, 3.63) is 0 Å². The molecule has 3 saturated carbocycles. The fourth-order valence-corrected chi connectivity index (χ4v) is 6.84. The molecule has 0 radical (unpaired) electrons. The zero-order valence-corrected chi connectivity index (χ0v) is 24.1. The van der Waals surface area contributed by atoms with E-state index in [1.54, 1.807) is 0 Å². The van der Waals surface area contributed by atoms with Crippen LogP contribution >= 0.6 is 0 Å². The maximum absolute atomic E-state index is 6.83. The monoisotopic (exact) mass is 476 g/mol. The lowest BCUT2D eigenvalue weighted by molar-refractivity contribution is -0.0659. The minimum absolute atomic E-state index is 0.241. The van der Waals surface area contributed by atoms with Crippen LogP contribution in [0, 0.1) is 53.3 Å². The molecule has 198 valence electrons. The van der Waals surface area contributed by atoms with Crippen LogP contribution in [0.4, 0.5) is 0 Å². The molecule has 0 spiro atoms. The molecular weight excluding hydrogens is 419 g/mol. The van der Waals surface area contributed by atoms with Gasteiger partial charge in [-0.2, -0.15) is 0 Å². The Hall–Kier alpha value is -0.0551. The van der Waals surface area contributed by atoms with Crippen LogP contribution in [-0.2, 0) is 14.0 Å². The van der Waals surface area contributed by atoms with E-state index in [4.69, 9.17) is 14.0 Å². The Morgan fingerprint density at radius 1 is 0.471 bits per heavy atom. The van der Waals surface area contributed by atoms with Crippen LogP contribution in [0.15, 0.2) is 0 Å². The Bertz CT molecular complexity index is 513. The van der Waals surface area contributed by atoms with Gasteiger partial charge in [0.2, 0.25) is 0 Å². The second kappa shape index (κ2) is 13.0. The lowest BCUT2D eigenvalue weighted by atomic mass is 9.74. The SMILES string of the molecule is CC(C)C1CCC(C)C(OB(OC2CC(C(C)C)CCC2C)OC2CC(C(C)C)CCC2C)C1. The normalized spacial score (nSPS) is 39.7. The van der Waals surface area contributed by atoms with Gasteiger partial charge in [-0.15, -0.1) is 0 Å².